The molecule has 2 aromatic rings. The van der Waals surface area contributed by atoms with Crippen LogP contribution in [0.2, 0.25) is 0 Å². The predicted molar refractivity (Wildman–Crippen MR) is 87.0 cm³/mol. The second kappa shape index (κ2) is 6.97. The number of pyridine rings is 1. The van der Waals surface area contributed by atoms with Gasteiger partial charge in [0, 0.05) is 37.7 Å². The van der Waals surface area contributed by atoms with Crippen LogP contribution in [-0.4, -0.2) is 35.5 Å². The first kappa shape index (κ1) is 15.1. The van der Waals surface area contributed by atoms with Crippen molar-refractivity contribution < 1.29 is 4.79 Å². The van der Waals surface area contributed by atoms with Crippen molar-refractivity contribution in [1.82, 2.24) is 15.3 Å². The van der Waals surface area contributed by atoms with Gasteiger partial charge in [-0.05, 0) is 43.0 Å². The van der Waals surface area contributed by atoms with Gasteiger partial charge in [0.25, 0.3) is 5.91 Å². The third-order valence-electron chi connectivity index (χ3n) is 4.24. The molecule has 6 nitrogen and oxygen atoms in total. The van der Waals surface area contributed by atoms with Crippen molar-refractivity contribution in [3.05, 3.63) is 48.0 Å². The van der Waals surface area contributed by atoms with Gasteiger partial charge in [-0.2, -0.15) is 5.26 Å². The number of carbonyl (C=O) groups is 1. The minimum Gasteiger partial charge on any atom is -0.371 e. The van der Waals surface area contributed by atoms with Crippen LogP contribution in [0.1, 0.15) is 29.0 Å². The lowest BCUT2D eigenvalue weighted by atomic mass is 9.96. The lowest BCUT2D eigenvalue weighted by Crippen LogP contribution is -2.38. The summed E-state index contributed by atoms with van der Waals surface area (Å²) in [6, 6.07) is 9.29. The van der Waals surface area contributed by atoms with Crippen molar-refractivity contribution in [2.24, 2.45) is 5.92 Å². The van der Waals surface area contributed by atoms with Gasteiger partial charge in [0.1, 0.15) is 17.5 Å². The number of amides is 1. The van der Waals surface area contributed by atoms with Gasteiger partial charge in [0.2, 0.25) is 0 Å². The van der Waals surface area contributed by atoms with E-state index in [0.29, 0.717) is 23.9 Å². The average Bonchev–Trinajstić information content (AvgIpc) is 3.10. The molecular weight excluding hydrogens is 290 g/mol. The van der Waals surface area contributed by atoms with Crippen LogP contribution in [0.15, 0.2) is 36.7 Å². The molecule has 0 atom stereocenters. The van der Waals surface area contributed by atoms with Crippen molar-refractivity contribution >= 4 is 11.6 Å². The van der Waals surface area contributed by atoms with E-state index in [0.717, 1.165) is 25.9 Å². The lowest BCUT2D eigenvalue weighted by molar-refractivity contribution is 0.0940. The Morgan fingerprint density at radius 1 is 1.30 bits per heavy atom. The van der Waals surface area contributed by atoms with Crippen molar-refractivity contribution in [2.75, 3.05) is 24.5 Å². The van der Waals surface area contributed by atoms with Gasteiger partial charge in [-0.1, -0.05) is 0 Å². The van der Waals surface area contributed by atoms with E-state index in [-0.39, 0.29) is 5.91 Å². The number of rotatable bonds is 4. The number of carbonyl (C=O) groups excluding carboxylic acids is 1. The minimum absolute atomic E-state index is 0.150. The Morgan fingerprint density at radius 2 is 2.04 bits per heavy atom. The standard InChI is InChI=1S/C17H19N5O/c18-11-14-1-2-16(21-14)17(23)20-12-13-5-9-22(10-6-13)15-3-7-19-8-4-15/h1-4,7-8,13,21H,5-6,9-10,12H2,(H,20,23). The topological polar surface area (TPSA) is 84.8 Å². The van der Waals surface area contributed by atoms with E-state index in [1.807, 2.05) is 30.6 Å². The molecule has 3 rings (SSSR count). The van der Waals surface area contributed by atoms with Crippen molar-refractivity contribution in [2.45, 2.75) is 12.8 Å². The number of piperidine rings is 1. The fourth-order valence-electron chi connectivity index (χ4n) is 2.88. The van der Waals surface area contributed by atoms with E-state index in [1.54, 1.807) is 12.1 Å². The molecule has 0 spiro atoms. The van der Waals surface area contributed by atoms with Crippen molar-refractivity contribution in [1.29, 1.82) is 5.26 Å². The molecule has 2 N–H and O–H groups in total. The second-order valence-corrected chi connectivity index (χ2v) is 5.74. The smallest absolute Gasteiger partial charge is 0.267 e. The van der Waals surface area contributed by atoms with Gasteiger partial charge in [0.05, 0.1) is 0 Å². The Balaban J connectivity index is 1.46. The maximum atomic E-state index is 12.0. The maximum Gasteiger partial charge on any atom is 0.267 e. The van der Waals surface area contributed by atoms with Crippen molar-refractivity contribution in [3.63, 3.8) is 0 Å². The van der Waals surface area contributed by atoms with Crippen LogP contribution in [0.5, 0.6) is 0 Å². The number of H-pyrrole nitrogens is 1. The Hall–Kier alpha value is -2.81. The SMILES string of the molecule is N#Cc1ccc(C(=O)NCC2CCN(c3ccncc3)CC2)[nH]1. The van der Waals surface area contributed by atoms with Gasteiger partial charge in [-0.3, -0.25) is 9.78 Å². The summed E-state index contributed by atoms with van der Waals surface area (Å²) < 4.78 is 0. The number of hydrogen-bond donors (Lipinski definition) is 2. The number of nitrogens with one attached hydrogen (secondary N) is 2. The Kier molecular flexibility index (Phi) is 4.57. The molecule has 3 heterocycles. The summed E-state index contributed by atoms with van der Waals surface area (Å²) in [5.41, 5.74) is 2.05. The molecule has 1 aliphatic rings. The molecule has 0 bridgehead atoms. The van der Waals surface area contributed by atoms with E-state index in [2.05, 4.69) is 20.2 Å². The average molecular weight is 309 g/mol. The van der Waals surface area contributed by atoms with Crippen LogP contribution in [-0.2, 0) is 0 Å². The van der Waals surface area contributed by atoms with Crippen LogP contribution < -0.4 is 10.2 Å². The third kappa shape index (κ3) is 3.69. The molecule has 0 unspecified atom stereocenters. The molecule has 0 radical (unpaired) electrons. The summed E-state index contributed by atoms with van der Waals surface area (Å²) >= 11 is 0. The van der Waals surface area contributed by atoms with Crippen LogP contribution >= 0.6 is 0 Å². The molecule has 0 aliphatic carbocycles. The number of aromatic amines is 1. The summed E-state index contributed by atoms with van der Waals surface area (Å²) in [5.74, 6) is 0.338. The molecule has 1 saturated heterocycles. The van der Waals surface area contributed by atoms with Gasteiger partial charge in [0.15, 0.2) is 0 Å². The molecule has 23 heavy (non-hydrogen) atoms. The maximum absolute atomic E-state index is 12.0. The second-order valence-electron chi connectivity index (χ2n) is 5.74. The fourth-order valence-corrected chi connectivity index (χ4v) is 2.88. The summed E-state index contributed by atoms with van der Waals surface area (Å²) in [4.78, 5) is 21.2. The van der Waals surface area contributed by atoms with Gasteiger partial charge >= 0.3 is 0 Å². The van der Waals surface area contributed by atoms with Crippen molar-refractivity contribution in [3.8, 4) is 6.07 Å². The van der Waals surface area contributed by atoms with E-state index in [9.17, 15) is 4.79 Å². The predicted octanol–water partition coefficient (Wildman–Crippen LogP) is 1.93. The van der Waals surface area contributed by atoms with E-state index in [1.165, 1.54) is 5.69 Å². The normalized spacial score (nSPS) is 15.2. The highest BCUT2D eigenvalue weighted by Gasteiger charge is 2.20. The Labute approximate surface area is 135 Å². The zero-order valence-corrected chi connectivity index (χ0v) is 12.8. The zero-order chi connectivity index (χ0) is 16.1. The third-order valence-corrected chi connectivity index (χ3v) is 4.24. The first-order valence-corrected chi connectivity index (χ1v) is 7.78. The quantitative estimate of drug-likeness (QED) is 0.903. The molecule has 0 saturated carbocycles. The van der Waals surface area contributed by atoms with E-state index >= 15 is 0 Å². The van der Waals surface area contributed by atoms with E-state index in [4.69, 9.17) is 5.26 Å². The molecule has 1 amide bonds. The number of anilines is 1. The van der Waals surface area contributed by atoms with E-state index < -0.39 is 0 Å². The lowest BCUT2D eigenvalue weighted by Gasteiger charge is -2.33. The summed E-state index contributed by atoms with van der Waals surface area (Å²) in [6.45, 7) is 2.65. The molecular formula is C17H19N5O. The zero-order valence-electron chi connectivity index (χ0n) is 12.8. The first-order chi connectivity index (χ1) is 11.3. The van der Waals surface area contributed by atoms with Crippen LogP contribution in [0, 0.1) is 17.2 Å². The first-order valence-electron chi connectivity index (χ1n) is 7.78. The van der Waals surface area contributed by atoms with Gasteiger partial charge < -0.3 is 15.2 Å². The molecule has 2 aromatic heterocycles. The largest absolute Gasteiger partial charge is 0.371 e. The highest BCUT2D eigenvalue weighted by atomic mass is 16.1. The monoisotopic (exact) mass is 309 g/mol. The fraction of sp³-hybridized carbons (Fsp3) is 0.353. The summed E-state index contributed by atoms with van der Waals surface area (Å²) in [6.07, 6.45) is 5.73. The summed E-state index contributed by atoms with van der Waals surface area (Å²) in [7, 11) is 0. The molecule has 0 aromatic carbocycles. The summed E-state index contributed by atoms with van der Waals surface area (Å²) in [5, 5.41) is 11.7. The molecule has 6 heteroatoms. The molecule has 118 valence electrons. The number of nitriles is 1. The minimum atomic E-state index is -0.150. The van der Waals surface area contributed by atoms with Crippen LogP contribution in [0.25, 0.3) is 0 Å². The Bertz CT molecular complexity index is 695. The molecule has 1 fully saturated rings. The highest BCUT2D eigenvalue weighted by molar-refractivity contribution is 5.92. The van der Waals surface area contributed by atoms with Gasteiger partial charge in [-0.25, -0.2) is 0 Å². The highest BCUT2D eigenvalue weighted by Crippen LogP contribution is 2.22. The number of nitrogens with zero attached hydrogens (tertiary/aromatic N) is 3. The van der Waals surface area contributed by atoms with Gasteiger partial charge in [-0.15, -0.1) is 0 Å². The van der Waals surface area contributed by atoms with Crippen LogP contribution in [0.4, 0.5) is 5.69 Å². The Morgan fingerprint density at radius 3 is 2.70 bits per heavy atom. The number of aromatic nitrogens is 2. The molecule has 1 aliphatic heterocycles. The number of hydrogen-bond acceptors (Lipinski definition) is 4. The van der Waals surface area contributed by atoms with Crippen LogP contribution in [0.3, 0.4) is 0 Å².